The van der Waals surface area contributed by atoms with E-state index in [1.807, 2.05) is 24.3 Å². The van der Waals surface area contributed by atoms with Crippen LogP contribution < -0.4 is 14.8 Å². The largest absolute Gasteiger partial charge is 0.497 e. The molecular formula is C16H17ClN2O3. The van der Waals surface area contributed by atoms with Crippen LogP contribution in [0.3, 0.4) is 0 Å². The van der Waals surface area contributed by atoms with Crippen molar-refractivity contribution in [1.82, 2.24) is 10.3 Å². The van der Waals surface area contributed by atoms with Gasteiger partial charge >= 0.3 is 0 Å². The van der Waals surface area contributed by atoms with E-state index in [0.717, 1.165) is 17.7 Å². The molecule has 0 saturated heterocycles. The summed E-state index contributed by atoms with van der Waals surface area (Å²) in [5.41, 5.74) is 1.54. The van der Waals surface area contributed by atoms with Crippen LogP contribution in [0.5, 0.6) is 11.6 Å². The van der Waals surface area contributed by atoms with Gasteiger partial charge in [0, 0.05) is 18.2 Å². The molecule has 1 aromatic heterocycles. The van der Waals surface area contributed by atoms with E-state index in [-0.39, 0.29) is 11.1 Å². The van der Waals surface area contributed by atoms with Gasteiger partial charge in [-0.15, -0.1) is 0 Å². The normalized spacial score (nSPS) is 10.1. The Kier molecular flexibility index (Phi) is 5.61. The molecule has 5 nitrogen and oxygen atoms in total. The maximum Gasteiger partial charge on any atom is 0.251 e. The zero-order valence-corrected chi connectivity index (χ0v) is 13.2. The Labute approximate surface area is 134 Å². The van der Waals surface area contributed by atoms with Crippen molar-refractivity contribution in [2.45, 2.75) is 6.42 Å². The summed E-state index contributed by atoms with van der Waals surface area (Å²) in [7, 11) is 3.10. The molecule has 0 aliphatic heterocycles. The molecule has 0 bridgehead atoms. The summed E-state index contributed by atoms with van der Waals surface area (Å²) in [6.45, 7) is 0.521. The maximum atomic E-state index is 12.1. The number of carbonyl (C=O) groups is 1. The minimum absolute atomic E-state index is 0.212. The first-order valence-corrected chi connectivity index (χ1v) is 7.13. The molecule has 116 valence electrons. The quantitative estimate of drug-likeness (QED) is 0.831. The predicted molar refractivity (Wildman–Crippen MR) is 84.8 cm³/mol. The third-order valence-electron chi connectivity index (χ3n) is 3.10. The fourth-order valence-corrected chi connectivity index (χ4v) is 2.12. The molecule has 0 saturated carbocycles. The molecule has 6 heteroatoms. The van der Waals surface area contributed by atoms with Crippen LogP contribution in [0.25, 0.3) is 0 Å². The first-order valence-electron chi connectivity index (χ1n) is 6.75. The molecule has 1 N–H and O–H groups in total. The molecule has 0 radical (unpaired) electrons. The van der Waals surface area contributed by atoms with Gasteiger partial charge in [0.05, 0.1) is 14.2 Å². The van der Waals surface area contributed by atoms with Gasteiger partial charge in [-0.25, -0.2) is 4.98 Å². The van der Waals surface area contributed by atoms with Gasteiger partial charge in [0.1, 0.15) is 10.9 Å². The molecule has 1 amide bonds. The molecule has 0 atom stereocenters. The number of nitrogens with one attached hydrogen (secondary N) is 1. The Morgan fingerprint density at radius 1 is 1.18 bits per heavy atom. The summed E-state index contributed by atoms with van der Waals surface area (Å²) in [5, 5.41) is 3.06. The zero-order chi connectivity index (χ0) is 15.9. The van der Waals surface area contributed by atoms with E-state index in [2.05, 4.69) is 10.3 Å². The van der Waals surface area contributed by atoms with Crippen molar-refractivity contribution in [2.75, 3.05) is 20.8 Å². The summed E-state index contributed by atoms with van der Waals surface area (Å²) in [6, 6.07) is 10.8. The highest BCUT2D eigenvalue weighted by Crippen LogP contribution is 2.16. The number of nitrogens with zero attached hydrogens (tertiary/aromatic N) is 1. The molecule has 0 unspecified atom stereocenters. The van der Waals surface area contributed by atoms with Crippen molar-refractivity contribution >= 4 is 17.5 Å². The fraction of sp³-hybridized carbons (Fsp3) is 0.250. The van der Waals surface area contributed by atoms with Gasteiger partial charge in [-0.05, 0) is 30.2 Å². The standard InChI is InChI=1S/C16H17ClN2O3/c1-21-13-5-3-11(4-6-13)7-8-18-16(20)12-9-14(17)19-15(10-12)22-2/h3-6,9-10H,7-8H2,1-2H3,(H,18,20). The van der Waals surface area contributed by atoms with Gasteiger partial charge in [-0.2, -0.15) is 0 Å². The zero-order valence-electron chi connectivity index (χ0n) is 12.4. The molecule has 2 rings (SSSR count). The van der Waals surface area contributed by atoms with Crippen molar-refractivity contribution in [3.8, 4) is 11.6 Å². The number of halogens is 1. The van der Waals surface area contributed by atoms with Crippen LogP contribution in [0, 0.1) is 0 Å². The van der Waals surface area contributed by atoms with Gasteiger partial charge in [-0.3, -0.25) is 4.79 Å². The second-order valence-electron chi connectivity index (χ2n) is 4.57. The van der Waals surface area contributed by atoms with E-state index in [1.54, 1.807) is 13.2 Å². The molecule has 0 aliphatic carbocycles. The number of benzene rings is 1. The fourth-order valence-electron chi connectivity index (χ4n) is 1.92. The third kappa shape index (κ3) is 4.36. The average molecular weight is 321 g/mol. The summed E-state index contributed by atoms with van der Waals surface area (Å²) in [5.74, 6) is 0.912. The van der Waals surface area contributed by atoms with E-state index in [0.29, 0.717) is 18.0 Å². The highest BCUT2D eigenvalue weighted by molar-refractivity contribution is 6.29. The van der Waals surface area contributed by atoms with Crippen molar-refractivity contribution in [2.24, 2.45) is 0 Å². The number of rotatable bonds is 6. The topological polar surface area (TPSA) is 60.5 Å². The molecule has 0 spiro atoms. The maximum absolute atomic E-state index is 12.1. The lowest BCUT2D eigenvalue weighted by Crippen LogP contribution is -2.25. The Hall–Kier alpha value is -2.27. The van der Waals surface area contributed by atoms with Crippen LogP contribution in [0.15, 0.2) is 36.4 Å². The number of ether oxygens (including phenoxy) is 2. The summed E-state index contributed by atoms with van der Waals surface area (Å²) in [6.07, 6.45) is 0.728. The van der Waals surface area contributed by atoms with Gasteiger partial charge in [0.25, 0.3) is 5.91 Å². The Balaban J connectivity index is 1.90. The van der Waals surface area contributed by atoms with Crippen LogP contribution in [-0.4, -0.2) is 31.7 Å². The first-order chi connectivity index (χ1) is 10.6. The van der Waals surface area contributed by atoms with E-state index < -0.39 is 0 Å². The molecular weight excluding hydrogens is 304 g/mol. The van der Waals surface area contributed by atoms with Crippen LogP contribution in [-0.2, 0) is 6.42 Å². The Morgan fingerprint density at radius 3 is 2.55 bits per heavy atom. The molecule has 1 aromatic carbocycles. The molecule has 1 heterocycles. The third-order valence-corrected chi connectivity index (χ3v) is 3.29. The monoisotopic (exact) mass is 320 g/mol. The second kappa shape index (κ2) is 7.66. The Bertz CT molecular complexity index is 644. The van der Waals surface area contributed by atoms with Gasteiger partial charge in [-0.1, -0.05) is 23.7 Å². The number of methoxy groups -OCH3 is 2. The summed E-state index contributed by atoms with van der Waals surface area (Å²) >= 11 is 5.85. The lowest BCUT2D eigenvalue weighted by atomic mass is 10.1. The lowest BCUT2D eigenvalue weighted by Gasteiger charge is -2.07. The van der Waals surface area contributed by atoms with Crippen molar-refractivity contribution in [3.63, 3.8) is 0 Å². The number of carbonyl (C=O) groups excluding carboxylic acids is 1. The molecule has 22 heavy (non-hydrogen) atoms. The summed E-state index contributed by atoms with van der Waals surface area (Å²) < 4.78 is 10.1. The Morgan fingerprint density at radius 2 is 1.91 bits per heavy atom. The SMILES string of the molecule is COc1ccc(CCNC(=O)c2cc(Cl)nc(OC)c2)cc1. The van der Waals surface area contributed by atoms with Crippen LogP contribution in [0.1, 0.15) is 15.9 Å². The van der Waals surface area contributed by atoms with Crippen LogP contribution in [0.2, 0.25) is 5.15 Å². The van der Waals surface area contributed by atoms with Crippen molar-refractivity contribution in [3.05, 3.63) is 52.7 Å². The highest BCUT2D eigenvalue weighted by Gasteiger charge is 2.09. The lowest BCUT2D eigenvalue weighted by molar-refractivity contribution is 0.0953. The molecule has 2 aromatic rings. The number of pyridine rings is 1. The minimum Gasteiger partial charge on any atom is -0.497 e. The number of hydrogen-bond acceptors (Lipinski definition) is 4. The van der Waals surface area contributed by atoms with E-state index in [4.69, 9.17) is 21.1 Å². The molecule has 0 fully saturated rings. The first kappa shape index (κ1) is 16.1. The number of hydrogen-bond donors (Lipinski definition) is 1. The van der Waals surface area contributed by atoms with E-state index in [1.165, 1.54) is 13.2 Å². The van der Waals surface area contributed by atoms with Crippen LogP contribution >= 0.6 is 11.6 Å². The highest BCUT2D eigenvalue weighted by atomic mass is 35.5. The predicted octanol–water partition coefficient (Wildman–Crippen LogP) is 2.72. The van der Waals surface area contributed by atoms with Gasteiger partial charge < -0.3 is 14.8 Å². The van der Waals surface area contributed by atoms with Crippen molar-refractivity contribution < 1.29 is 14.3 Å². The number of amides is 1. The smallest absolute Gasteiger partial charge is 0.251 e. The van der Waals surface area contributed by atoms with Gasteiger partial charge in [0.2, 0.25) is 5.88 Å². The van der Waals surface area contributed by atoms with E-state index >= 15 is 0 Å². The molecule has 0 aliphatic rings. The van der Waals surface area contributed by atoms with Crippen molar-refractivity contribution in [1.29, 1.82) is 0 Å². The summed E-state index contributed by atoms with van der Waals surface area (Å²) in [4.78, 5) is 16.0. The minimum atomic E-state index is -0.212. The average Bonchev–Trinajstić information content (AvgIpc) is 2.54. The number of aromatic nitrogens is 1. The van der Waals surface area contributed by atoms with Gasteiger partial charge in [0.15, 0.2) is 0 Å². The van der Waals surface area contributed by atoms with Crippen LogP contribution in [0.4, 0.5) is 0 Å². The van der Waals surface area contributed by atoms with E-state index in [9.17, 15) is 4.79 Å². The second-order valence-corrected chi connectivity index (χ2v) is 4.96.